The van der Waals surface area contributed by atoms with E-state index in [-0.39, 0.29) is 18.2 Å². The predicted octanol–water partition coefficient (Wildman–Crippen LogP) is 5.93. The lowest BCUT2D eigenvalue weighted by Gasteiger charge is -2.16. The third kappa shape index (κ3) is 4.04. The van der Waals surface area contributed by atoms with Crippen molar-refractivity contribution in [2.75, 3.05) is 11.9 Å². The Morgan fingerprint density at radius 1 is 1.21 bits per heavy atom. The molecule has 0 atom stereocenters. The Balaban J connectivity index is 1.51. The van der Waals surface area contributed by atoms with Gasteiger partial charge in [0.05, 0.1) is 17.1 Å². The van der Waals surface area contributed by atoms with E-state index in [0.29, 0.717) is 10.9 Å². The summed E-state index contributed by atoms with van der Waals surface area (Å²) in [5, 5.41) is 3.37. The van der Waals surface area contributed by atoms with Crippen molar-refractivity contribution in [3.8, 4) is 10.6 Å². The van der Waals surface area contributed by atoms with Crippen molar-refractivity contribution in [1.82, 2.24) is 9.97 Å². The maximum atomic E-state index is 12.8. The van der Waals surface area contributed by atoms with Crippen LogP contribution in [0.3, 0.4) is 0 Å². The highest BCUT2D eigenvalue weighted by atomic mass is 35.5. The van der Waals surface area contributed by atoms with Crippen LogP contribution in [0.2, 0.25) is 5.02 Å². The number of carbonyl (C=O) groups is 1. The van der Waals surface area contributed by atoms with E-state index >= 15 is 0 Å². The van der Waals surface area contributed by atoms with Gasteiger partial charge in [0, 0.05) is 29.6 Å². The fourth-order valence-electron chi connectivity index (χ4n) is 2.95. The Morgan fingerprint density at radius 2 is 2.00 bits per heavy atom. The molecule has 0 N–H and O–H groups in total. The predicted molar refractivity (Wildman–Crippen MR) is 118 cm³/mol. The summed E-state index contributed by atoms with van der Waals surface area (Å²) in [6.07, 6.45) is 0.214. The summed E-state index contributed by atoms with van der Waals surface area (Å²) in [6.45, 7) is 4.07. The number of halogens is 1. The van der Waals surface area contributed by atoms with E-state index in [0.717, 1.165) is 33.1 Å². The zero-order valence-electron chi connectivity index (χ0n) is 16.3. The summed E-state index contributed by atoms with van der Waals surface area (Å²) in [4.78, 5) is 23.5. The number of fused-ring (bicyclic) bond motifs is 1. The lowest BCUT2D eigenvalue weighted by molar-refractivity contribution is -0.117. The molecule has 0 unspecified atom stereocenters. The number of nitrogens with zero attached hydrogens (tertiary/aromatic N) is 3. The molecule has 0 fully saturated rings. The summed E-state index contributed by atoms with van der Waals surface area (Å²) in [6, 6.07) is 13.2. The molecule has 2 heterocycles. The first-order valence-electron chi connectivity index (χ1n) is 9.28. The molecule has 0 spiro atoms. The molecule has 1 amide bonds. The van der Waals surface area contributed by atoms with Crippen LogP contribution in [0.15, 0.2) is 52.3 Å². The van der Waals surface area contributed by atoms with E-state index in [1.54, 1.807) is 11.9 Å². The average Bonchev–Trinajstić information content (AvgIpc) is 3.34. The van der Waals surface area contributed by atoms with Crippen molar-refractivity contribution in [2.24, 2.45) is 0 Å². The lowest BCUT2D eigenvalue weighted by atomic mass is 10.2. The van der Waals surface area contributed by atoms with Gasteiger partial charge < -0.3 is 9.32 Å². The Bertz CT molecular complexity index is 1180. The van der Waals surface area contributed by atoms with Gasteiger partial charge >= 0.3 is 0 Å². The molecule has 2 aromatic carbocycles. The summed E-state index contributed by atoms with van der Waals surface area (Å²) in [5.74, 6) is 0.857. The SMILES string of the molecule is CC(C)c1nc2cc(N(C)C(=O)Cc3csc(-c4ccccc4Cl)n3)ccc2o1. The molecule has 148 valence electrons. The van der Waals surface area contributed by atoms with E-state index in [2.05, 4.69) is 9.97 Å². The van der Waals surface area contributed by atoms with Crippen molar-refractivity contribution < 1.29 is 9.21 Å². The molecule has 0 aliphatic rings. The van der Waals surface area contributed by atoms with Crippen LogP contribution in [0, 0.1) is 0 Å². The number of benzene rings is 2. The minimum Gasteiger partial charge on any atom is -0.440 e. The van der Waals surface area contributed by atoms with E-state index in [9.17, 15) is 4.79 Å². The molecule has 0 radical (unpaired) electrons. The summed E-state index contributed by atoms with van der Waals surface area (Å²) in [7, 11) is 1.76. The summed E-state index contributed by atoms with van der Waals surface area (Å²) < 4.78 is 5.74. The molecule has 0 aliphatic carbocycles. The van der Waals surface area contributed by atoms with Gasteiger partial charge in [0.25, 0.3) is 0 Å². The van der Waals surface area contributed by atoms with Gasteiger partial charge in [-0.05, 0) is 24.3 Å². The van der Waals surface area contributed by atoms with Gasteiger partial charge in [0.2, 0.25) is 5.91 Å². The number of thiazole rings is 1. The number of hydrogen-bond donors (Lipinski definition) is 0. The van der Waals surface area contributed by atoms with Gasteiger partial charge in [-0.3, -0.25) is 4.79 Å². The van der Waals surface area contributed by atoms with Crippen molar-refractivity contribution in [3.05, 3.63) is 64.5 Å². The maximum Gasteiger partial charge on any atom is 0.232 e. The summed E-state index contributed by atoms with van der Waals surface area (Å²) in [5.41, 5.74) is 3.85. The van der Waals surface area contributed by atoms with Crippen LogP contribution >= 0.6 is 22.9 Å². The normalized spacial score (nSPS) is 11.3. The van der Waals surface area contributed by atoms with Crippen molar-refractivity contribution in [3.63, 3.8) is 0 Å². The van der Waals surface area contributed by atoms with Gasteiger partial charge in [-0.15, -0.1) is 11.3 Å². The van der Waals surface area contributed by atoms with Crippen molar-refractivity contribution in [2.45, 2.75) is 26.2 Å². The molecule has 5 nitrogen and oxygen atoms in total. The van der Waals surface area contributed by atoms with E-state index in [1.807, 2.05) is 61.7 Å². The highest BCUT2D eigenvalue weighted by Crippen LogP contribution is 2.30. The molecule has 2 aromatic heterocycles. The lowest BCUT2D eigenvalue weighted by Crippen LogP contribution is -2.27. The van der Waals surface area contributed by atoms with Crippen LogP contribution in [-0.2, 0) is 11.2 Å². The zero-order valence-corrected chi connectivity index (χ0v) is 17.9. The standard InChI is InChI=1S/C22H20ClN3O2S/c1-13(2)21-25-18-11-15(8-9-19(18)28-21)26(3)20(27)10-14-12-29-22(24-14)16-6-4-5-7-17(16)23/h4-9,11-13H,10H2,1-3H3. The van der Waals surface area contributed by atoms with Gasteiger partial charge in [-0.2, -0.15) is 0 Å². The molecular weight excluding hydrogens is 406 g/mol. The minimum atomic E-state index is -0.0482. The quantitative estimate of drug-likeness (QED) is 0.397. The largest absolute Gasteiger partial charge is 0.440 e. The first kappa shape index (κ1) is 19.6. The fourth-order valence-corrected chi connectivity index (χ4v) is 4.09. The van der Waals surface area contributed by atoms with Gasteiger partial charge in [0.1, 0.15) is 10.5 Å². The second kappa shape index (κ2) is 7.97. The van der Waals surface area contributed by atoms with Crippen LogP contribution in [0.5, 0.6) is 0 Å². The Labute approximate surface area is 178 Å². The third-order valence-electron chi connectivity index (χ3n) is 4.63. The Hall–Kier alpha value is -2.70. The van der Waals surface area contributed by atoms with E-state index < -0.39 is 0 Å². The van der Waals surface area contributed by atoms with Gasteiger partial charge in [-0.1, -0.05) is 43.6 Å². The molecule has 0 bridgehead atoms. The molecule has 4 rings (SSSR count). The Morgan fingerprint density at radius 3 is 2.76 bits per heavy atom. The number of hydrogen-bond acceptors (Lipinski definition) is 5. The van der Waals surface area contributed by atoms with E-state index in [1.165, 1.54) is 11.3 Å². The highest BCUT2D eigenvalue weighted by molar-refractivity contribution is 7.13. The maximum absolute atomic E-state index is 12.8. The van der Waals surface area contributed by atoms with Crippen molar-refractivity contribution in [1.29, 1.82) is 0 Å². The fraction of sp³-hybridized carbons (Fsp3) is 0.227. The second-order valence-corrected chi connectivity index (χ2v) is 8.38. The molecule has 29 heavy (non-hydrogen) atoms. The number of rotatable bonds is 5. The molecule has 4 aromatic rings. The van der Waals surface area contributed by atoms with E-state index in [4.69, 9.17) is 16.0 Å². The first-order chi connectivity index (χ1) is 13.9. The molecular formula is C22H20ClN3O2S. The van der Waals surface area contributed by atoms with Gasteiger partial charge in [0.15, 0.2) is 11.5 Å². The number of aromatic nitrogens is 2. The second-order valence-electron chi connectivity index (χ2n) is 7.11. The number of carbonyl (C=O) groups excluding carboxylic acids is 1. The molecule has 0 aliphatic heterocycles. The van der Waals surface area contributed by atoms with Crippen LogP contribution in [0.4, 0.5) is 5.69 Å². The summed E-state index contributed by atoms with van der Waals surface area (Å²) >= 11 is 7.74. The Kier molecular flexibility index (Phi) is 5.39. The topological polar surface area (TPSA) is 59.2 Å². The van der Waals surface area contributed by atoms with Crippen LogP contribution < -0.4 is 4.90 Å². The van der Waals surface area contributed by atoms with Crippen LogP contribution in [0.1, 0.15) is 31.4 Å². The number of anilines is 1. The van der Waals surface area contributed by atoms with Crippen LogP contribution in [0.25, 0.3) is 21.7 Å². The third-order valence-corrected chi connectivity index (χ3v) is 5.89. The highest BCUT2D eigenvalue weighted by Gasteiger charge is 2.17. The molecule has 7 heteroatoms. The van der Waals surface area contributed by atoms with Crippen molar-refractivity contribution >= 4 is 45.6 Å². The average molecular weight is 426 g/mol. The number of amides is 1. The van der Waals surface area contributed by atoms with Gasteiger partial charge in [-0.25, -0.2) is 9.97 Å². The monoisotopic (exact) mass is 425 g/mol. The molecule has 0 saturated carbocycles. The zero-order chi connectivity index (χ0) is 20.5. The number of oxazole rings is 1. The smallest absolute Gasteiger partial charge is 0.232 e. The molecule has 0 saturated heterocycles. The number of likely N-dealkylation sites (N-methyl/N-ethyl adjacent to an activating group) is 1. The van der Waals surface area contributed by atoms with Crippen LogP contribution in [-0.4, -0.2) is 22.9 Å². The first-order valence-corrected chi connectivity index (χ1v) is 10.5. The minimum absolute atomic E-state index is 0.0482.